The lowest BCUT2D eigenvalue weighted by molar-refractivity contribution is 0.626. The van der Waals surface area contributed by atoms with E-state index < -0.39 is 0 Å². The van der Waals surface area contributed by atoms with E-state index in [1.165, 1.54) is 11.6 Å². The molecule has 64 valence electrons. The van der Waals surface area contributed by atoms with Gasteiger partial charge >= 0.3 is 0 Å². The Morgan fingerprint density at radius 1 is 1.33 bits per heavy atom. The molecule has 0 spiro atoms. The monoisotopic (exact) mass is 164 g/mol. The molecule has 0 aliphatic heterocycles. The molecule has 1 rings (SSSR count). The number of allylic oxidation sites excluding steroid dienone is 1. The van der Waals surface area contributed by atoms with Crippen LogP contribution >= 0.6 is 0 Å². The molecular formula is C11H13F. The fourth-order valence-corrected chi connectivity index (χ4v) is 1.11. The fourth-order valence-electron chi connectivity index (χ4n) is 1.11. The first-order chi connectivity index (χ1) is 5.59. The van der Waals surface area contributed by atoms with Gasteiger partial charge < -0.3 is 0 Å². The summed E-state index contributed by atoms with van der Waals surface area (Å²) in [5.74, 6) is -0.168. The average molecular weight is 164 g/mol. The lowest BCUT2D eigenvalue weighted by Crippen LogP contribution is -1.83. The van der Waals surface area contributed by atoms with Crippen LogP contribution in [0, 0.1) is 12.7 Å². The van der Waals surface area contributed by atoms with Crippen molar-refractivity contribution >= 4 is 6.08 Å². The van der Waals surface area contributed by atoms with Crippen molar-refractivity contribution in [2.45, 2.75) is 20.8 Å². The number of rotatable bonds is 1. The normalized spacial score (nSPS) is 9.67. The molecule has 1 aromatic rings. The number of hydrogen-bond donors (Lipinski definition) is 0. The Hall–Kier alpha value is -1.11. The molecule has 0 aliphatic carbocycles. The van der Waals surface area contributed by atoms with Gasteiger partial charge in [0.15, 0.2) is 0 Å². The minimum absolute atomic E-state index is 0.168. The van der Waals surface area contributed by atoms with Gasteiger partial charge in [-0.25, -0.2) is 4.39 Å². The summed E-state index contributed by atoms with van der Waals surface area (Å²) in [6, 6.07) is 4.84. The highest BCUT2D eigenvalue weighted by Gasteiger charge is 1.95. The van der Waals surface area contributed by atoms with Crippen LogP contribution in [0.15, 0.2) is 23.8 Å². The third kappa shape index (κ3) is 2.19. The first kappa shape index (κ1) is 8.98. The molecule has 12 heavy (non-hydrogen) atoms. The summed E-state index contributed by atoms with van der Waals surface area (Å²) in [4.78, 5) is 0. The van der Waals surface area contributed by atoms with E-state index in [1.54, 1.807) is 12.1 Å². The van der Waals surface area contributed by atoms with Crippen LogP contribution in [0.4, 0.5) is 4.39 Å². The SMILES string of the molecule is CC(C)=Cc1ccc(F)cc1C. The standard InChI is InChI=1S/C11H13F/c1-8(2)6-10-4-5-11(12)7-9(10)3/h4-7H,1-3H3. The predicted molar refractivity (Wildman–Crippen MR) is 50.5 cm³/mol. The molecule has 0 saturated carbocycles. The quantitative estimate of drug-likeness (QED) is 0.595. The molecule has 0 aliphatic rings. The molecule has 0 heterocycles. The van der Waals surface area contributed by atoms with Gasteiger partial charge in [-0.2, -0.15) is 0 Å². The van der Waals surface area contributed by atoms with Gasteiger partial charge in [-0.1, -0.05) is 17.7 Å². The third-order valence-electron chi connectivity index (χ3n) is 1.68. The molecule has 0 saturated heterocycles. The van der Waals surface area contributed by atoms with Gasteiger partial charge in [-0.15, -0.1) is 0 Å². The summed E-state index contributed by atoms with van der Waals surface area (Å²) >= 11 is 0. The van der Waals surface area contributed by atoms with Gasteiger partial charge in [0.2, 0.25) is 0 Å². The van der Waals surface area contributed by atoms with Gasteiger partial charge in [0.25, 0.3) is 0 Å². The van der Waals surface area contributed by atoms with Crippen LogP contribution in [0.1, 0.15) is 25.0 Å². The predicted octanol–water partition coefficient (Wildman–Crippen LogP) is 3.56. The summed E-state index contributed by atoms with van der Waals surface area (Å²) < 4.78 is 12.7. The zero-order valence-electron chi connectivity index (χ0n) is 7.69. The molecule has 0 bridgehead atoms. The Balaban J connectivity index is 3.10. The van der Waals surface area contributed by atoms with Crippen LogP contribution in [0.5, 0.6) is 0 Å². The number of hydrogen-bond acceptors (Lipinski definition) is 0. The summed E-state index contributed by atoms with van der Waals surface area (Å²) in [6.07, 6.45) is 2.05. The topological polar surface area (TPSA) is 0 Å². The molecule has 0 fully saturated rings. The van der Waals surface area contributed by atoms with Gasteiger partial charge in [-0.3, -0.25) is 0 Å². The van der Waals surface area contributed by atoms with Gasteiger partial charge in [0, 0.05) is 0 Å². The van der Waals surface area contributed by atoms with Crippen LogP contribution in [-0.4, -0.2) is 0 Å². The second kappa shape index (κ2) is 3.53. The van der Waals surface area contributed by atoms with E-state index in [0.29, 0.717) is 0 Å². The molecule has 1 aromatic carbocycles. The molecule has 0 aromatic heterocycles. The van der Waals surface area contributed by atoms with Crippen molar-refractivity contribution in [2.75, 3.05) is 0 Å². The largest absolute Gasteiger partial charge is 0.207 e. The molecule has 0 atom stereocenters. The second-order valence-electron chi connectivity index (χ2n) is 3.22. The summed E-state index contributed by atoms with van der Waals surface area (Å²) in [5.41, 5.74) is 3.30. The van der Waals surface area contributed by atoms with E-state index >= 15 is 0 Å². The molecule has 0 radical (unpaired) electrons. The maximum Gasteiger partial charge on any atom is 0.123 e. The molecular weight excluding hydrogens is 151 g/mol. The second-order valence-corrected chi connectivity index (χ2v) is 3.22. The van der Waals surface area contributed by atoms with E-state index in [-0.39, 0.29) is 5.82 Å². The highest BCUT2D eigenvalue weighted by atomic mass is 19.1. The lowest BCUT2D eigenvalue weighted by atomic mass is 10.1. The maximum absolute atomic E-state index is 12.7. The zero-order valence-corrected chi connectivity index (χ0v) is 7.69. The highest BCUT2D eigenvalue weighted by molar-refractivity contribution is 5.55. The van der Waals surface area contributed by atoms with Crippen LogP contribution in [0.2, 0.25) is 0 Å². The first-order valence-corrected chi connectivity index (χ1v) is 4.00. The van der Waals surface area contributed by atoms with E-state index in [9.17, 15) is 4.39 Å². The van der Waals surface area contributed by atoms with Gasteiger partial charge in [0.1, 0.15) is 5.82 Å². The van der Waals surface area contributed by atoms with Crippen molar-refractivity contribution in [3.05, 3.63) is 40.7 Å². The minimum Gasteiger partial charge on any atom is -0.207 e. The molecule has 0 N–H and O–H groups in total. The Morgan fingerprint density at radius 2 is 2.00 bits per heavy atom. The summed E-state index contributed by atoms with van der Waals surface area (Å²) in [7, 11) is 0. The number of aryl methyl sites for hydroxylation is 1. The van der Waals surface area contributed by atoms with Crippen LogP contribution in [0.3, 0.4) is 0 Å². The van der Waals surface area contributed by atoms with Crippen molar-refractivity contribution in [1.29, 1.82) is 0 Å². The van der Waals surface area contributed by atoms with Crippen molar-refractivity contribution in [1.82, 2.24) is 0 Å². The smallest absolute Gasteiger partial charge is 0.123 e. The van der Waals surface area contributed by atoms with Gasteiger partial charge in [-0.05, 0) is 44.0 Å². The minimum atomic E-state index is -0.168. The third-order valence-corrected chi connectivity index (χ3v) is 1.68. The van der Waals surface area contributed by atoms with E-state index in [0.717, 1.165) is 11.1 Å². The van der Waals surface area contributed by atoms with E-state index in [4.69, 9.17) is 0 Å². The van der Waals surface area contributed by atoms with Crippen molar-refractivity contribution in [3.8, 4) is 0 Å². The molecule has 0 nitrogen and oxygen atoms in total. The van der Waals surface area contributed by atoms with Crippen molar-refractivity contribution in [3.63, 3.8) is 0 Å². The molecule has 0 unspecified atom stereocenters. The maximum atomic E-state index is 12.7. The van der Waals surface area contributed by atoms with Crippen LogP contribution < -0.4 is 0 Å². The van der Waals surface area contributed by atoms with Crippen LogP contribution in [-0.2, 0) is 0 Å². The lowest BCUT2D eigenvalue weighted by Gasteiger charge is -2.00. The Labute approximate surface area is 72.7 Å². The molecule has 0 amide bonds. The Kier molecular flexibility index (Phi) is 2.64. The Morgan fingerprint density at radius 3 is 2.50 bits per heavy atom. The van der Waals surface area contributed by atoms with Crippen LogP contribution in [0.25, 0.3) is 6.08 Å². The van der Waals surface area contributed by atoms with Crippen molar-refractivity contribution in [2.24, 2.45) is 0 Å². The first-order valence-electron chi connectivity index (χ1n) is 4.00. The number of benzene rings is 1. The van der Waals surface area contributed by atoms with Gasteiger partial charge in [0.05, 0.1) is 0 Å². The summed E-state index contributed by atoms with van der Waals surface area (Å²) in [5, 5.41) is 0. The van der Waals surface area contributed by atoms with E-state index in [1.807, 2.05) is 20.8 Å². The fraction of sp³-hybridized carbons (Fsp3) is 0.273. The zero-order chi connectivity index (χ0) is 9.14. The van der Waals surface area contributed by atoms with Crippen molar-refractivity contribution < 1.29 is 4.39 Å². The number of halogens is 1. The molecule has 1 heteroatoms. The Bertz CT molecular complexity index is 307. The highest BCUT2D eigenvalue weighted by Crippen LogP contribution is 2.13. The average Bonchev–Trinajstić information content (AvgIpc) is 1.94. The summed E-state index contributed by atoms with van der Waals surface area (Å²) in [6.45, 7) is 5.98. The van der Waals surface area contributed by atoms with E-state index in [2.05, 4.69) is 6.08 Å².